The molecule has 1 rings (SSSR count). The second-order valence-corrected chi connectivity index (χ2v) is 6.96. The summed E-state index contributed by atoms with van der Waals surface area (Å²) in [5.74, 6) is -0.115. The largest absolute Gasteiger partial charge is 0.466 e. The Morgan fingerprint density at radius 2 is 2.21 bits per heavy atom. The molecule has 0 saturated carbocycles. The van der Waals surface area contributed by atoms with Crippen molar-refractivity contribution in [3.05, 3.63) is 22.4 Å². The molecule has 0 bridgehead atoms. The highest BCUT2D eigenvalue weighted by Crippen LogP contribution is 2.23. The molecule has 0 saturated heterocycles. The minimum atomic E-state index is -0.115. The first-order valence-corrected chi connectivity index (χ1v) is 7.70. The topological polar surface area (TPSA) is 38.3 Å². The molecule has 0 aliphatic heterocycles. The molecule has 1 unspecified atom stereocenters. The molecule has 1 N–H and O–H groups in total. The highest BCUT2D eigenvalue weighted by atomic mass is 32.1. The first kappa shape index (κ1) is 16.2. The van der Waals surface area contributed by atoms with E-state index < -0.39 is 0 Å². The lowest BCUT2D eigenvalue weighted by atomic mass is 9.87. The van der Waals surface area contributed by atoms with Gasteiger partial charge in [0.05, 0.1) is 13.0 Å². The van der Waals surface area contributed by atoms with Crippen molar-refractivity contribution < 1.29 is 9.53 Å². The summed E-state index contributed by atoms with van der Waals surface area (Å²) < 4.78 is 5.05. The number of ether oxygens (including phenoxy) is 1. The summed E-state index contributed by atoms with van der Waals surface area (Å²) in [7, 11) is 0. The maximum absolute atomic E-state index is 11.6. The van der Waals surface area contributed by atoms with Gasteiger partial charge in [-0.05, 0) is 30.2 Å². The van der Waals surface area contributed by atoms with E-state index in [0.29, 0.717) is 13.0 Å². The number of hydrogen-bond donors (Lipinski definition) is 1. The number of thiophene rings is 1. The van der Waals surface area contributed by atoms with Gasteiger partial charge in [0, 0.05) is 17.5 Å². The van der Waals surface area contributed by atoms with Gasteiger partial charge in [-0.2, -0.15) is 0 Å². The first-order chi connectivity index (χ1) is 8.90. The van der Waals surface area contributed by atoms with Crippen LogP contribution in [0.5, 0.6) is 0 Å². The van der Waals surface area contributed by atoms with E-state index in [1.54, 1.807) is 11.3 Å². The normalized spacial score (nSPS) is 13.3. The fourth-order valence-corrected chi connectivity index (χ4v) is 2.69. The van der Waals surface area contributed by atoms with Crippen molar-refractivity contribution in [3.8, 4) is 0 Å². The van der Waals surface area contributed by atoms with E-state index >= 15 is 0 Å². The number of nitrogens with one attached hydrogen (secondary N) is 1. The van der Waals surface area contributed by atoms with Crippen molar-refractivity contribution in [2.24, 2.45) is 5.41 Å². The predicted octanol–water partition coefficient (Wildman–Crippen LogP) is 3.60. The maximum atomic E-state index is 11.6. The number of hydrogen-bond acceptors (Lipinski definition) is 4. The van der Waals surface area contributed by atoms with Crippen LogP contribution in [0, 0.1) is 5.41 Å². The second kappa shape index (κ2) is 7.65. The lowest BCUT2D eigenvalue weighted by Crippen LogP contribution is -2.34. The van der Waals surface area contributed by atoms with Crippen molar-refractivity contribution in [2.75, 3.05) is 6.61 Å². The monoisotopic (exact) mass is 283 g/mol. The Balaban J connectivity index is 2.50. The molecule has 108 valence electrons. The molecule has 0 aromatic carbocycles. The van der Waals surface area contributed by atoms with E-state index in [-0.39, 0.29) is 17.4 Å². The smallest absolute Gasteiger partial charge is 0.307 e. The van der Waals surface area contributed by atoms with Crippen LogP contribution in [0.2, 0.25) is 0 Å². The van der Waals surface area contributed by atoms with Crippen LogP contribution in [-0.2, 0) is 16.1 Å². The molecule has 0 radical (unpaired) electrons. The van der Waals surface area contributed by atoms with Gasteiger partial charge in [-0.1, -0.05) is 26.8 Å². The van der Waals surface area contributed by atoms with Crippen LogP contribution in [0.15, 0.2) is 17.5 Å². The molecule has 1 atom stereocenters. The van der Waals surface area contributed by atoms with Crippen molar-refractivity contribution in [2.45, 2.75) is 53.1 Å². The summed E-state index contributed by atoms with van der Waals surface area (Å²) in [4.78, 5) is 12.9. The zero-order valence-corrected chi connectivity index (χ0v) is 13.2. The molecule has 3 nitrogen and oxygen atoms in total. The molecule has 0 spiro atoms. The molecular formula is C15H25NO2S. The van der Waals surface area contributed by atoms with E-state index in [9.17, 15) is 4.79 Å². The van der Waals surface area contributed by atoms with Gasteiger partial charge in [0.1, 0.15) is 0 Å². The second-order valence-electron chi connectivity index (χ2n) is 5.93. The van der Waals surface area contributed by atoms with Gasteiger partial charge < -0.3 is 10.1 Å². The van der Waals surface area contributed by atoms with Crippen molar-refractivity contribution >= 4 is 17.3 Å². The minimum absolute atomic E-state index is 0.115. The highest BCUT2D eigenvalue weighted by molar-refractivity contribution is 7.09. The Kier molecular flexibility index (Phi) is 6.52. The van der Waals surface area contributed by atoms with Gasteiger partial charge >= 0.3 is 5.97 Å². The molecular weight excluding hydrogens is 258 g/mol. The zero-order valence-electron chi connectivity index (χ0n) is 12.4. The summed E-state index contributed by atoms with van der Waals surface area (Å²) >= 11 is 1.73. The zero-order chi connectivity index (χ0) is 14.3. The average molecular weight is 283 g/mol. The van der Waals surface area contributed by atoms with Crippen molar-refractivity contribution in [1.82, 2.24) is 5.32 Å². The van der Waals surface area contributed by atoms with Crippen LogP contribution in [0.25, 0.3) is 0 Å². The molecule has 0 aliphatic rings. The van der Waals surface area contributed by atoms with Gasteiger partial charge in [0.15, 0.2) is 0 Å². The Labute approximate surface area is 120 Å². The lowest BCUT2D eigenvalue weighted by Gasteiger charge is -2.26. The first-order valence-electron chi connectivity index (χ1n) is 6.82. The van der Waals surface area contributed by atoms with E-state index in [1.807, 2.05) is 13.0 Å². The standard InChI is InChI=1S/C15H25NO2S/c1-5-18-14(17)9-12(10-15(2,3)4)16-11-13-7-6-8-19-13/h6-8,12,16H,5,9-11H2,1-4H3. The van der Waals surface area contributed by atoms with E-state index in [1.165, 1.54) is 4.88 Å². The number of carbonyl (C=O) groups excluding carboxylic acids is 1. The van der Waals surface area contributed by atoms with E-state index in [2.05, 4.69) is 37.5 Å². The predicted molar refractivity (Wildman–Crippen MR) is 80.3 cm³/mol. The van der Waals surface area contributed by atoms with Gasteiger partial charge in [0.2, 0.25) is 0 Å². The maximum Gasteiger partial charge on any atom is 0.307 e. The van der Waals surface area contributed by atoms with Gasteiger partial charge in [-0.3, -0.25) is 4.79 Å². The molecule has 1 heterocycles. The Hall–Kier alpha value is -0.870. The Morgan fingerprint density at radius 3 is 2.74 bits per heavy atom. The van der Waals surface area contributed by atoms with Crippen LogP contribution in [-0.4, -0.2) is 18.6 Å². The van der Waals surface area contributed by atoms with Crippen molar-refractivity contribution in [3.63, 3.8) is 0 Å². The van der Waals surface area contributed by atoms with Gasteiger partial charge in [0.25, 0.3) is 0 Å². The summed E-state index contributed by atoms with van der Waals surface area (Å²) in [6.45, 7) is 9.69. The summed E-state index contributed by atoms with van der Waals surface area (Å²) in [6, 6.07) is 4.32. The Bertz CT molecular complexity index is 368. The van der Waals surface area contributed by atoms with Crippen LogP contribution in [0.4, 0.5) is 0 Å². The Morgan fingerprint density at radius 1 is 1.47 bits per heavy atom. The van der Waals surface area contributed by atoms with Gasteiger partial charge in [-0.25, -0.2) is 0 Å². The van der Waals surface area contributed by atoms with Crippen LogP contribution in [0.3, 0.4) is 0 Å². The van der Waals surface area contributed by atoms with Crippen molar-refractivity contribution in [1.29, 1.82) is 0 Å². The third-order valence-electron chi connectivity index (χ3n) is 2.72. The summed E-state index contributed by atoms with van der Waals surface area (Å²) in [5.41, 5.74) is 0.194. The third kappa shape index (κ3) is 7.33. The third-order valence-corrected chi connectivity index (χ3v) is 3.60. The van der Waals surface area contributed by atoms with Crippen LogP contribution in [0.1, 0.15) is 45.4 Å². The molecule has 4 heteroatoms. The van der Waals surface area contributed by atoms with Crippen LogP contribution >= 0.6 is 11.3 Å². The molecule has 19 heavy (non-hydrogen) atoms. The lowest BCUT2D eigenvalue weighted by molar-refractivity contribution is -0.143. The SMILES string of the molecule is CCOC(=O)CC(CC(C)(C)C)NCc1cccs1. The van der Waals surface area contributed by atoms with Gasteiger partial charge in [-0.15, -0.1) is 11.3 Å². The summed E-state index contributed by atoms with van der Waals surface area (Å²) in [6.07, 6.45) is 1.40. The minimum Gasteiger partial charge on any atom is -0.466 e. The molecule has 0 aliphatic carbocycles. The number of carbonyl (C=O) groups is 1. The summed E-state index contributed by atoms with van der Waals surface area (Å²) in [5, 5.41) is 5.55. The molecule has 0 amide bonds. The van der Waals surface area contributed by atoms with Crippen LogP contribution < -0.4 is 5.32 Å². The average Bonchev–Trinajstić information content (AvgIpc) is 2.76. The molecule has 1 aromatic rings. The van der Waals surface area contributed by atoms with E-state index in [0.717, 1.165) is 13.0 Å². The fourth-order valence-electron chi connectivity index (χ4n) is 2.03. The quantitative estimate of drug-likeness (QED) is 0.777. The molecule has 0 fully saturated rings. The number of esters is 1. The van der Waals surface area contributed by atoms with E-state index in [4.69, 9.17) is 4.74 Å². The molecule has 1 aromatic heterocycles. The number of rotatable bonds is 7. The highest BCUT2D eigenvalue weighted by Gasteiger charge is 2.21. The fraction of sp³-hybridized carbons (Fsp3) is 0.667.